The van der Waals surface area contributed by atoms with E-state index in [1.807, 2.05) is 37.5 Å². The Morgan fingerprint density at radius 3 is 2.88 bits per heavy atom. The molecule has 0 spiro atoms. The Morgan fingerprint density at radius 2 is 2.06 bits per heavy atom. The number of para-hydroxylation sites is 1. The van der Waals surface area contributed by atoms with E-state index in [9.17, 15) is 0 Å². The first-order valence-electron chi connectivity index (χ1n) is 5.90. The number of fused-ring (bicyclic) bond motifs is 1. The normalized spacial score (nSPS) is 12.6. The zero-order valence-electron chi connectivity index (χ0n) is 10.3. The summed E-state index contributed by atoms with van der Waals surface area (Å²) in [5.74, 6) is 1.25. The summed E-state index contributed by atoms with van der Waals surface area (Å²) in [6, 6.07) is 8.00. The second kappa shape index (κ2) is 5.59. The topological polar surface area (TPSA) is 49.8 Å². The first kappa shape index (κ1) is 11.8. The van der Waals surface area contributed by atoms with E-state index in [1.165, 1.54) is 0 Å². The van der Waals surface area contributed by atoms with Gasteiger partial charge in [-0.25, -0.2) is 9.97 Å². The predicted molar refractivity (Wildman–Crippen MR) is 71.1 cm³/mol. The van der Waals surface area contributed by atoms with Crippen LogP contribution in [0.25, 0.3) is 10.9 Å². The first-order valence-corrected chi connectivity index (χ1v) is 5.90. The fraction of sp³-hybridized carbons (Fsp3) is 0.385. The molecule has 17 heavy (non-hydrogen) atoms. The molecule has 0 aliphatic carbocycles. The lowest BCUT2D eigenvalue weighted by atomic mass is 10.2. The van der Waals surface area contributed by atoms with E-state index in [2.05, 4.69) is 27.5 Å². The van der Waals surface area contributed by atoms with Crippen molar-refractivity contribution in [3.8, 4) is 0 Å². The lowest BCUT2D eigenvalue weighted by Crippen LogP contribution is -2.23. The quantitative estimate of drug-likeness (QED) is 0.823. The summed E-state index contributed by atoms with van der Waals surface area (Å²) < 4.78 is 0. The SMILES string of the molecule is CNCC(C)CNc1ncc2ccccc2n1. The third-order valence-electron chi connectivity index (χ3n) is 2.65. The minimum atomic E-state index is 0.551. The van der Waals surface area contributed by atoms with Crippen molar-refractivity contribution in [3.05, 3.63) is 30.5 Å². The van der Waals surface area contributed by atoms with Crippen LogP contribution in [0.4, 0.5) is 5.95 Å². The van der Waals surface area contributed by atoms with Crippen molar-refractivity contribution in [1.29, 1.82) is 0 Å². The number of hydrogen-bond acceptors (Lipinski definition) is 4. The molecular formula is C13H18N4. The highest BCUT2D eigenvalue weighted by molar-refractivity contribution is 5.78. The van der Waals surface area contributed by atoms with Crippen molar-refractivity contribution in [2.75, 3.05) is 25.5 Å². The van der Waals surface area contributed by atoms with E-state index < -0.39 is 0 Å². The maximum Gasteiger partial charge on any atom is 0.223 e. The molecule has 0 fully saturated rings. The number of benzene rings is 1. The minimum Gasteiger partial charge on any atom is -0.354 e. The lowest BCUT2D eigenvalue weighted by molar-refractivity contribution is 0.568. The molecule has 4 nitrogen and oxygen atoms in total. The van der Waals surface area contributed by atoms with Crippen LogP contribution in [0.3, 0.4) is 0 Å². The zero-order valence-corrected chi connectivity index (χ0v) is 10.3. The van der Waals surface area contributed by atoms with E-state index in [0.717, 1.165) is 24.0 Å². The van der Waals surface area contributed by atoms with Gasteiger partial charge in [0.05, 0.1) is 5.52 Å². The van der Waals surface area contributed by atoms with Crippen LogP contribution in [-0.4, -0.2) is 30.1 Å². The molecule has 0 aliphatic rings. The Balaban J connectivity index is 2.04. The van der Waals surface area contributed by atoms with Gasteiger partial charge in [-0.2, -0.15) is 0 Å². The van der Waals surface area contributed by atoms with Crippen LogP contribution in [0.1, 0.15) is 6.92 Å². The minimum absolute atomic E-state index is 0.551. The molecule has 0 amide bonds. The van der Waals surface area contributed by atoms with Gasteiger partial charge in [0.25, 0.3) is 0 Å². The molecule has 4 heteroatoms. The van der Waals surface area contributed by atoms with Gasteiger partial charge in [-0.3, -0.25) is 0 Å². The molecule has 1 unspecified atom stereocenters. The van der Waals surface area contributed by atoms with E-state index in [-0.39, 0.29) is 0 Å². The van der Waals surface area contributed by atoms with E-state index >= 15 is 0 Å². The summed E-state index contributed by atoms with van der Waals surface area (Å²) in [4.78, 5) is 8.76. The lowest BCUT2D eigenvalue weighted by Gasteiger charge is -2.11. The summed E-state index contributed by atoms with van der Waals surface area (Å²) in [6.45, 7) is 4.05. The second-order valence-corrected chi connectivity index (χ2v) is 4.30. The van der Waals surface area contributed by atoms with Gasteiger partial charge in [0.1, 0.15) is 0 Å². The fourth-order valence-corrected chi connectivity index (χ4v) is 1.74. The van der Waals surface area contributed by atoms with Gasteiger partial charge >= 0.3 is 0 Å². The number of hydrogen-bond donors (Lipinski definition) is 2. The summed E-state index contributed by atoms with van der Waals surface area (Å²) >= 11 is 0. The summed E-state index contributed by atoms with van der Waals surface area (Å²) in [7, 11) is 1.96. The number of anilines is 1. The molecule has 1 aromatic carbocycles. The second-order valence-electron chi connectivity index (χ2n) is 4.30. The van der Waals surface area contributed by atoms with Crippen molar-refractivity contribution in [3.63, 3.8) is 0 Å². The number of nitrogens with zero attached hydrogens (tertiary/aromatic N) is 2. The Hall–Kier alpha value is -1.68. The van der Waals surface area contributed by atoms with Crippen LogP contribution < -0.4 is 10.6 Å². The molecule has 0 radical (unpaired) electrons. The molecule has 0 saturated heterocycles. The van der Waals surface area contributed by atoms with Crippen LogP contribution >= 0.6 is 0 Å². The van der Waals surface area contributed by atoms with Crippen LogP contribution in [0, 0.1) is 5.92 Å². The van der Waals surface area contributed by atoms with Gasteiger partial charge in [-0.15, -0.1) is 0 Å². The molecule has 1 aromatic heterocycles. The third-order valence-corrected chi connectivity index (χ3v) is 2.65. The zero-order chi connectivity index (χ0) is 12.1. The van der Waals surface area contributed by atoms with E-state index in [0.29, 0.717) is 11.9 Å². The monoisotopic (exact) mass is 230 g/mol. The molecule has 0 bridgehead atoms. The molecule has 2 N–H and O–H groups in total. The average Bonchev–Trinajstić information content (AvgIpc) is 2.36. The van der Waals surface area contributed by atoms with Crippen LogP contribution in [-0.2, 0) is 0 Å². The molecule has 90 valence electrons. The molecular weight excluding hydrogens is 212 g/mol. The van der Waals surface area contributed by atoms with Crippen molar-refractivity contribution in [2.45, 2.75) is 6.92 Å². The Morgan fingerprint density at radius 1 is 1.24 bits per heavy atom. The highest BCUT2D eigenvalue weighted by Gasteiger charge is 2.02. The smallest absolute Gasteiger partial charge is 0.223 e. The highest BCUT2D eigenvalue weighted by Crippen LogP contribution is 2.11. The van der Waals surface area contributed by atoms with Gasteiger partial charge in [-0.1, -0.05) is 25.1 Å². The van der Waals surface area contributed by atoms with Crippen LogP contribution in [0.2, 0.25) is 0 Å². The Bertz CT molecular complexity index is 484. The van der Waals surface area contributed by atoms with E-state index in [4.69, 9.17) is 0 Å². The molecule has 0 saturated carbocycles. The first-order chi connectivity index (χ1) is 8.29. The predicted octanol–water partition coefficient (Wildman–Crippen LogP) is 1.90. The third kappa shape index (κ3) is 3.14. The Kier molecular flexibility index (Phi) is 3.88. The van der Waals surface area contributed by atoms with Gasteiger partial charge in [-0.05, 0) is 25.6 Å². The number of rotatable bonds is 5. The van der Waals surface area contributed by atoms with Crippen molar-refractivity contribution < 1.29 is 0 Å². The van der Waals surface area contributed by atoms with Crippen LogP contribution in [0.5, 0.6) is 0 Å². The van der Waals surface area contributed by atoms with Gasteiger partial charge in [0.15, 0.2) is 0 Å². The maximum atomic E-state index is 4.46. The molecule has 2 rings (SSSR count). The fourth-order valence-electron chi connectivity index (χ4n) is 1.74. The summed E-state index contributed by atoms with van der Waals surface area (Å²) in [5.41, 5.74) is 0.978. The van der Waals surface area contributed by atoms with Gasteiger partial charge in [0, 0.05) is 18.1 Å². The molecule has 0 aliphatic heterocycles. The molecule has 1 heterocycles. The maximum absolute atomic E-state index is 4.46. The highest BCUT2D eigenvalue weighted by atomic mass is 15.1. The largest absolute Gasteiger partial charge is 0.354 e. The van der Waals surface area contributed by atoms with Crippen molar-refractivity contribution in [1.82, 2.24) is 15.3 Å². The average molecular weight is 230 g/mol. The molecule has 2 aromatic rings. The van der Waals surface area contributed by atoms with E-state index in [1.54, 1.807) is 0 Å². The van der Waals surface area contributed by atoms with Crippen molar-refractivity contribution >= 4 is 16.9 Å². The van der Waals surface area contributed by atoms with Crippen LogP contribution in [0.15, 0.2) is 30.5 Å². The summed E-state index contributed by atoms with van der Waals surface area (Å²) in [5, 5.41) is 7.48. The van der Waals surface area contributed by atoms with Crippen molar-refractivity contribution in [2.24, 2.45) is 5.92 Å². The standard InChI is InChI=1S/C13H18N4/c1-10(7-14-2)8-15-13-16-9-11-5-3-4-6-12(11)17-13/h3-6,9-10,14H,7-8H2,1-2H3,(H,15,16,17). The van der Waals surface area contributed by atoms with Gasteiger partial charge in [0.2, 0.25) is 5.95 Å². The Labute approximate surface area is 101 Å². The number of aromatic nitrogens is 2. The summed E-state index contributed by atoms with van der Waals surface area (Å²) in [6.07, 6.45) is 1.85. The van der Waals surface area contributed by atoms with Gasteiger partial charge < -0.3 is 10.6 Å². The number of nitrogens with one attached hydrogen (secondary N) is 2. The molecule has 1 atom stereocenters.